The maximum absolute atomic E-state index is 12.0. The molecule has 0 bridgehead atoms. The lowest BCUT2D eigenvalue weighted by Gasteiger charge is -2.23. The van der Waals surface area contributed by atoms with Crippen LogP contribution in [0.15, 0.2) is 0 Å². The third-order valence-corrected chi connectivity index (χ3v) is 3.27. The number of nitrogens with one attached hydrogen (secondary N) is 1. The first-order valence-electron chi connectivity index (χ1n) is 6.35. The third-order valence-electron chi connectivity index (χ3n) is 2.62. The molecule has 0 aromatic rings. The minimum Gasteiger partial charge on any atom is -0.444 e. The molecule has 1 rings (SSSR count). The molecule has 104 valence electrons. The van der Waals surface area contributed by atoms with Crippen LogP contribution in [0.5, 0.6) is 0 Å². The van der Waals surface area contributed by atoms with E-state index in [0.717, 1.165) is 18.6 Å². The highest BCUT2D eigenvalue weighted by atomic mass is 32.2. The fraction of sp³-hybridized carbons (Fsp3) is 0.846. The summed E-state index contributed by atoms with van der Waals surface area (Å²) < 4.78 is 5.19. The predicted octanol–water partition coefficient (Wildman–Crippen LogP) is 2.61. The first kappa shape index (κ1) is 15.3. The van der Waals surface area contributed by atoms with E-state index in [9.17, 15) is 9.59 Å². The minimum atomic E-state index is -0.531. The van der Waals surface area contributed by atoms with Gasteiger partial charge in [-0.05, 0) is 52.0 Å². The van der Waals surface area contributed by atoms with Crippen molar-refractivity contribution in [3.05, 3.63) is 0 Å². The van der Waals surface area contributed by atoms with Crippen molar-refractivity contribution in [1.82, 2.24) is 5.32 Å². The Morgan fingerprint density at radius 1 is 1.39 bits per heavy atom. The molecule has 0 aromatic heterocycles. The Labute approximate surface area is 113 Å². The van der Waals surface area contributed by atoms with Crippen LogP contribution in [0.1, 0.15) is 40.0 Å². The fourth-order valence-corrected chi connectivity index (χ4v) is 2.09. The molecule has 1 amide bonds. The molecule has 0 saturated heterocycles. The minimum absolute atomic E-state index is 0.159. The van der Waals surface area contributed by atoms with Gasteiger partial charge in [0.25, 0.3) is 0 Å². The molecular formula is C13H23NO3S. The molecule has 1 aliphatic carbocycles. The zero-order valence-electron chi connectivity index (χ0n) is 11.6. The number of thioether (sulfide) groups is 1. The number of ether oxygens (including phenoxy) is 1. The van der Waals surface area contributed by atoms with Crippen molar-refractivity contribution >= 4 is 23.6 Å². The summed E-state index contributed by atoms with van der Waals surface area (Å²) in [6.07, 6.45) is 4.10. The first-order chi connectivity index (χ1) is 8.33. The molecule has 1 atom stereocenters. The number of hydrogen-bond donors (Lipinski definition) is 1. The molecule has 1 N–H and O–H groups in total. The quantitative estimate of drug-likeness (QED) is 0.808. The summed E-state index contributed by atoms with van der Waals surface area (Å²) in [5, 5.41) is 2.71. The third kappa shape index (κ3) is 5.76. The fourth-order valence-electron chi connectivity index (χ4n) is 1.62. The van der Waals surface area contributed by atoms with Crippen molar-refractivity contribution in [2.24, 2.45) is 5.92 Å². The number of carbonyl (C=O) groups excluding carboxylic acids is 2. The maximum atomic E-state index is 12.0. The van der Waals surface area contributed by atoms with Gasteiger partial charge >= 0.3 is 6.09 Å². The standard InChI is InChI=1S/C13H23NO3S/c1-13(2,3)17-12(16)14-10(7-8-18-4)11(15)9-5-6-9/h9-10H,5-8H2,1-4H3,(H,14,16)/t10-/m1/s1. The number of Topliss-reactive ketones (excluding diaryl/α,β-unsaturated/α-hetero) is 1. The van der Waals surface area contributed by atoms with E-state index in [-0.39, 0.29) is 17.7 Å². The van der Waals surface area contributed by atoms with Crippen LogP contribution in [0.4, 0.5) is 4.79 Å². The van der Waals surface area contributed by atoms with Crippen molar-refractivity contribution in [3.8, 4) is 0 Å². The van der Waals surface area contributed by atoms with Gasteiger partial charge in [-0.15, -0.1) is 0 Å². The van der Waals surface area contributed by atoms with E-state index in [1.165, 1.54) is 0 Å². The van der Waals surface area contributed by atoms with Gasteiger partial charge in [-0.1, -0.05) is 0 Å². The number of hydrogen-bond acceptors (Lipinski definition) is 4. The summed E-state index contributed by atoms with van der Waals surface area (Å²) in [5.74, 6) is 1.18. The summed E-state index contributed by atoms with van der Waals surface area (Å²) in [4.78, 5) is 23.7. The Kier molecular flexibility index (Phi) is 5.50. The van der Waals surface area contributed by atoms with E-state index < -0.39 is 11.7 Å². The van der Waals surface area contributed by atoms with Gasteiger partial charge < -0.3 is 10.1 Å². The normalized spacial score (nSPS) is 17.1. The number of alkyl carbamates (subject to hydrolysis) is 1. The number of ketones is 1. The van der Waals surface area contributed by atoms with E-state index in [4.69, 9.17) is 4.74 Å². The summed E-state index contributed by atoms with van der Waals surface area (Å²) in [6, 6.07) is -0.389. The van der Waals surface area contributed by atoms with Crippen molar-refractivity contribution in [2.45, 2.75) is 51.7 Å². The second-order valence-corrected chi connectivity index (χ2v) is 6.64. The smallest absolute Gasteiger partial charge is 0.408 e. The lowest BCUT2D eigenvalue weighted by molar-refractivity contribution is -0.122. The molecule has 18 heavy (non-hydrogen) atoms. The molecule has 5 heteroatoms. The average Bonchev–Trinajstić information content (AvgIpc) is 3.04. The lowest BCUT2D eigenvalue weighted by atomic mass is 10.1. The van der Waals surface area contributed by atoms with Gasteiger partial charge in [-0.25, -0.2) is 4.79 Å². The van der Waals surface area contributed by atoms with E-state index in [0.29, 0.717) is 6.42 Å². The van der Waals surface area contributed by atoms with E-state index in [2.05, 4.69) is 5.32 Å². The molecule has 1 saturated carbocycles. The van der Waals surface area contributed by atoms with Gasteiger partial charge in [0.15, 0.2) is 5.78 Å². The van der Waals surface area contributed by atoms with Gasteiger partial charge in [0, 0.05) is 5.92 Å². The van der Waals surface area contributed by atoms with Crippen molar-refractivity contribution in [1.29, 1.82) is 0 Å². The van der Waals surface area contributed by atoms with Crippen LogP contribution in [0, 0.1) is 5.92 Å². The Morgan fingerprint density at radius 2 is 2.00 bits per heavy atom. The van der Waals surface area contributed by atoms with Gasteiger partial charge in [0.2, 0.25) is 0 Å². The largest absolute Gasteiger partial charge is 0.444 e. The molecule has 0 radical (unpaired) electrons. The molecule has 0 aromatic carbocycles. The van der Waals surface area contributed by atoms with Gasteiger partial charge in [-0.3, -0.25) is 4.79 Å². The highest BCUT2D eigenvalue weighted by Gasteiger charge is 2.35. The molecule has 4 nitrogen and oxygen atoms in total. The second kappa shape index (κ2) is 6.45. The molecular weight excluding hydrogens is 250 g/mol. The van der Waals surface area contributed by atoms with E-state index >= 15 is 0 Å². The topological polar surface area (TPSA) is 55.4 Å². The summed E-state index contributed by atoms with van der Waals surface area (Å²) >= 11 is 1.68. The zero-order valence-corrected chi connectivity index (χ0v) is 12.4. The van der Waals surface area contributed by atoms with Crippen LogP contribution in [0.2, 0.25) is 0 Å². The van der Waals surface area contributed by atoms with Crippen LogP contribution >= 0.6 is 11.8 Å². The maximum Gasteiger partial charge on any atom is 0.408 e. The van der Waals surface area contributed by atoms with E-state index in [1.807, 2.05) is 27.0 Å². The van der Waals surface area contributed by atoms with Crippen LogP contribution in [-0.4, -0.2) is 35.5 Å². The summed E-state index contributed by atoms with van der Waals surface area (Å²) in [6.45, 7) is 5.44. The predicted molar refractivity (Wildman–Crippen MR) is 73.9 cm³/mol. The monoisotopic (exact) mass is 273 g/mol. The average molecular weight is 273 g/mol. The molecule has 1 aliphatic rings. The van der Waals surface area contributed by atoms with Gasteiger partial charge in [-0.2, -0.15) is 11.8 Å². The zero-order chi connectivity index (χ0) is 13.8. The lowest BCUT2D eigenvalue weighted by Crippen LogP contribution is -2.44. The summed E-state index contributed by atoms with van der Waals surface area (Å²) in [5.41, 5.74) is -0.531. The SMILES string of the molecule is CSCC[C@@H](NC(=O)OC(C)(C)C)C(=O)C1CC1. The molecule has 0 unspecified atom stereocenters. The van der Waals surface area contributed by atoms with E-state index in [1.54, 1.807) is 11.8 Å². The Hall–Kier alpha value is -0.710. The van der Waals surface area contributed by atoms with Crippen LogP contribution in [0.25, 0.3) is 0 Å². The van der Waals surface area contributed by atoms with Gasteiger partial charge in [0.1, 0.15) is 5.60 Å². The molecule has 0 heterocycles. The molecule has 1 fully saturated rings. The Morgan fingerprint density at radius 3 is 2.44 bits per heavy atom. The highest BCUT2D eigenvalue weighted by Crippen LogP contribution is 2.31. The highest BCUT2D eigenvalue weighted by molar-refractivity contribution is 7.98. The Balaban J connectivity index is 2.49. The van der Waals surface area contributed by atoms with Gasteiger partial charge in [0.05, 0.1) is 6.04 Å². The summed E-state index contributed by atoms with van der Waals surface area (Å²) in [7, 11) is 0. The van der Waals surface area contributed by atoms with Crippen LogP contribution in [-0.2, 0) is 9.53 Å². The van der Waals surface area contributed by atoms with Crippen molar-refractivity contribution in [3.63, 3.8) is 0 Å². The van der Waals surface area contributed by atoms with Crippen LogP contribution < -0.4 is 5.32 Å². The van der Waals surface area contributed by atoms with Crippen molar-refractivity contribution in [2.75, 3.05) is 12.0 Å². The Bertz CT molecular complexity index is 308. The number of amides is 1. The van der Waals surface area contributed by atoms with Crippen LogP contribution in [0.3, 0.4) is 0 Å². The molecule has 0 spiro atoms. The first-order valence-corrected chi connectivity index (χ1v) is 7.75. The van der Waals surface area contributed by atoms with Crippen molar-refractivity contribution < 1.29 is 14.3 Å². The number of carbonyl (C=O) groups is 2. The second-order valence-electron chi connectivity index (χ2n) is 5.66. The molecule has 0 aliphatic heterocycles. The number of rotatable bonds is 6.